The first-order chi connectivity index (χ1) is 27.9. The number of aromatic nitrogens is 3. The van der Waals surface area contributed by atoms with Gasteiger partial charge >= 0.3 is 0 Å². The lowest BCUT2D eigenvalue weighted by Crippen LogP contribution is -2.29. The van der Waals surface area contributed by atoms with Crippen molar-refractivity contribution < 1.29 is 54.9 Å². The Balaban J connectivity index is 0.000000179. The lowest BCUT2D eigenvalue weighted by molar-refractivity contribution is 0.0641. The van der Waals surface area contributed by atoms with E-state index in [2.05, 4.69) is 19.1 Å². The predicted octanol–water partition coefficient (Wildman–Crippen LogP) is 4.37. The highest BCUT2D eigenvalue weighted by Gasteiger charge is 2.43. The summed E-state index contributed by atoms with van der Waals surface area (Å²) in [4.78, 5) is 48.4. The topological polar surface area (TPSA) is 228 Å². The van der Waals surface area contributed by atoms with Crippen LogP contribution in [-0.2, 0) is 33.1 Å². The molecule has 2 aliphatic rings. The third kappa shape index (κ3) is 7.57. The number of nitrogens with one attached hydrogen (secondary N) is 1. The van der Waals surface area contributed by atoms with Crippen LogP contribution in [0.25, 0.3) is 10.9 Å². The van der Waals surface area contributed by atoms with Crippen LogP contribution in [0.15, 0.2) is 89.6 Å². The molecule has 6 aromatic rings. The summed E-state index contributed by atoms with van der Waals surface area (Å²) in [6.45, 7) is -0.202. The van der Waals surface area contributed by atoms with Crippen molar-refractivity contribution in [3.8, 4) is 17.5 Å². The van der Waals surface area contributed by atoms with E-state index in [0.717, 1.165) is 22.0 Å². The van der Waals surface area contributed by atoms with Crippen molar-refractivity contribution >= 4 is 59.9 Å². The van der Waals surface area contributed by atoms with Gasteiger partial charge in [0.25, 0.3) is 21.8 Å². The number of imide groups is 1. The molecule has 20 heteroatoms. The van der Waals surface area contributed by atoms with E-state index in [9.17, 15) is 50.2 Å². The number of pyridine rings is 2. The van der Waals surface area contributed by atoms with E-state index in [0.29, 0.717) is 16.5 Å². The Hall–Kier alpha value is -7.06. The summed E-state index contributed by atoms with van der Waals surface area (Å²) in [6.07, 6.45) is 4.65. The average molecular weight is 845 g/mol. The van der Waals surface area contributed by atoms with Crippen LogP contribution < -0.4 is 9.46 Å². The average Bonchev–Trinajstić information content (AvgIpc) is 3.58. The monoisotopic (exact) mass is 844 g/mol. The van der Waals surface area contributed by atoms with Crippen LogP contribution in [0.5, 0.6) is 17.5 Å². The van der Waals surface area contributed by atoms with Gasteiger partial charge in [0, 0.05) is 23.3 Å². The number of sulfonamides is 2. The van der Waals surface area contributed by atoms with Crippen molar-refractivity contribution in [1.29, 1.82) is 0 Å². The molecule has 0 saturated heterocycles. The molecule has 0 atom stereocenters. The van der Waals surface area contributed by atoms with Gasteiger partial charge in [-0.15, -0.1) is 0 Å². The maximum atomic E-state index is 13.2. The molecule has 3 aromatic carbocycles. The molecule has 3 N–H and O–H groups in total. The van der Waals surface area contributed by atoms with Crippen LogP contribution >= 0.6 is 0 Å². The molecule has 302 valence electrons. The van der Waals surface area contributed by atoms with Crippen molar-refractivity contribution in [2.45, 2.75) is 13.1 Å². The first-order valence-electron chi connectivity index (χ1n) is 17.1. The smallest absolute Gasteiger partial charge is 0.265 e. The van der Waals surface area contributed by atoms with Gasteiger partial charge in [0.05, 0.1) is 66.4 Å². The molecular formula is C39H30F2N6O10S2. The number of hydrogen-bond donors (Lipinski definition) is 3. The number of benzene rings is 3. The highest BCUT2D eigenvalue weighted by Crippen LogP contribution is 2.44. The van der Waals surface area contributed by atoms with Crippen molar-refractivity contribution in [1.82, 2.24) is 19.4 Å². The fourth-order valence-corrected chi connectivity index (χ4v) is 7.82. The van der Waals surface area contributed by atoms with Crippen LogP contribution in [0.4, 0.5) is 14.5 Å². The molecule has 0 unspecified atom stereocenters. The number of carbonyl (C=O) groups excluding carboxylic acids is 3. The number of ketones is 1. The molecule has 16 nitrogen and oxygen atoms in total. The molecule has 0 bridgehead atoms. The fourth-order valence-electron chi connectivity index (χ4n) is 6.71. The van der Waals surface area contributed by atoms with E-state index in [1.54, 1.807) is 12.1 Å². The predicted molar refractivity (Wildman–Crippen MR) is 209 cm³/mol. The van der Waals surface area contributed by atoms with Gasteiger partial charge in [0.15, 0.2) is 5.75 Å². The van der Waals surface area contributed by atoms with E-state index >= 15 is 0 Å². The Morgan fingerprint density at radius 2 is 1.31 bits per heavy atom. The molecule has 0 saturated carbocycles. The largest absolute Gasteiger partial charge is 0.494 e. The summed E-state index contributed by atoms with van der Waals surface area (Å²) < 4.78 is 86.5. The number of fused-ring (bicyclic) bond motifs is 4. The molecule has 8 rings (SSSR count). The van der Waals surface area contributed by atoms with Crippen molar-refractivity contribution in [3.63, 3.8) is 0 Å². The zero-order chi connectivity index (χ0) is 42.6. The first-order valence-corrected chi connectivity index (χ1v) is 20.9. The number of anilines is 1. The van der Waals surface area contributed by atoms with Crippen LogP contribution in [0.2, 0.25) is 0 Å². The highest BCUT2D eigenvalue weighted by atomic mass is 32.2. The van der Waals surface area contributed by atoms with Gasteiger partial charge in [0.2, 0.25) is 27.6 Å². The second-order valence-electron chi connectivity index (χ2n) is 13.3. The molecular weight excluding hydrogens is 815 g/mol. The minimum atomic E-state index is -3.91. The van der Waals surface area contributed by atoms with Crippen LogP contribution in [-0.4, -0.2) is 89.4 Å². The van der Waals surface area contributed by atoms with Gasteiger partial charge in [0.1, 0.15) is 22.8 Å². The summed E-state index contributed by atoms with van der Waals surface area (Å²) >= 11 is 0. The lowest BCUT2D eigenvalue weighted by atomic mass is 9.89. The Morgan fingerprint density at radius 1 is 0.746 bits per heavy atom. The number of methoxy groups -OCH3 is 1. The standard InChI is InChI=1S/C20H16FN3O5S.C19H14FN3O5S/c1-29-18-15-14(16(23-30(2,27)28)13-4-3-9-22-17(13)18)19(25)24(20(15)26)10-11-5-7-12(21)8-6-11;1-29(27,28)22-15-12-3-2-8-21-16(12)17(24)14-13(15)18(25)23(19(14)26)9-10-4-6-11(20)7-5-10/h3-9,23H,10H2,1-2H3;2-8,25-26H,9H2,1H3. The Morgan fingerprint density at radius 3 is 1.90 bits per heavy atom. The molecule has 3 aromatic heterocycles. The molecule has 1 aliphatic heterocycles. The normalized spacial score (nSPS) is 14.2. The number of hydrogen-bond acceptors (Lipinski definition) is 12. The van der Waals surface area contributed by atoms with Gasteiger partial charge < -0.3 is 14.9 Å². The molecule has 1 aliphatic carbocycles. The van der Waals surface area contributed by atoms with Gasteiger partial charge in [-0.25, -0.2) is 25.6 Å². The van der Waals surface area contributed by atoms with Gasteiger partial charge in [-0.2, -0.15) is 4.40 Å². The van der Waals surface area contributed by atoms with Crippen molar-refractivity contribution in [2.75, 3.05) is 24.3 Å². The maximum absolute atomic E-state index is 13.2. The second kappa shape index (κ2) is 15.0. The summed E-state index contributed by atoms with van der Waals surface area (Å²) in [7, 11) is -6.34. The Labute approximate surface area is 334 Å². The number of rotatable bonds is 8. The molecule has 59 heavy (non-hydrogen) atoms. The molecule has 0 spiro atoms. The van der Waals surface area contributed by atoms with E-state index in [4.69, 9.17) is 4.74 Å². The molecule has 2 amide bonds. The molecule has 4 heterocycles. The number of nitrogens with zero attached hydrogens (tertiary/aromatic N) is 5. The van der Waals surface area contributed by atoms with E-state index in [1.165, 1.54) is 80.2 Å². The summed E-state index contributed by atoms with van der Waals surface area (Å²) in [5.41, 5.74) is 0.480. The summed E-state index contributed by atoms with van der Waals surface area (Å²) in [5.74, 6) is -3.92. The van der Waals surface area contributed by atoms with Gasteiger partial charge in [-0.1, -0.05) is 24.3 Å². The number of aromatic hydroxyl groups is 2. The second-order valence-corrected chi connectivity index (χ2v) is 16.7. The van der Waals surface area contributed by atoms with Crippen molar-refractivity contribution in [2.24, 2.45) is 4.40 Å². The third-order valence-corrected chi connectivity index (χ3v) is 10.2. The van der Waals surface area contributed by atoms with Crippen LogP contribution in [0.3, 0.4) is 0 Å². The quantitative estimate of drug-likeness (QED) is 0.181. The van der Waals surface area contributed by atoms with Gasteiger partial charge in [-0.05, 0) is 59.7 Å². The maximum Gasteiger partial charge on any atom is 0.265 e. The first kappa shape index (κ1) is 40.1. The summed E-state index contributed by atoms with van der Waals surface area (Å²) in [6, 6.07) is 16.8. The number of carbonyl (C=O) groups is 3. The minimum absolute atomic E-state index is 0.0312. The van der Waals surface area contributed by atoms with E-state index in [-0.39, 0.29) is 69.3 Å². The Bertz CT molecular complexity index is 3010. The Kier molecular flexibility index (Phi) is 10.2. The fraction of sp³-hybridized carbons (Fsp3) is 0.128. The lowest BCUT2D eigenvalue weighted by Gasteiger charge is -2.16. The van der Waals surface area contributed by atoms with Crippen LogP contribution in [0, 0.1) is 11.6 Å². The van der Waals surface area contributed by atoms with Gasteiger partial charge in [-0.3, -0.25) is 38.5 Å². The van der Waals surface area contributed by atoms with E-state index < -0.39 is 61.0 Å². The highest BCUT2D eigenvalue weighted by molar-refractivity contribution is 7.92. The number of halogens is 2. The zero-order valence-electron chi connectivity index (χ0n) is 31.0. The number of ether oxygens (including phenoxy) is 1. The van der Waals surface area contributed by atoms with Crippen molar-refractivity contribution in [3.05, 3.63) is 141 Å². The van der Waals surface area contributed by atoms with Crippen LogP contribution in [0.1, 0.15) is 59.0 Å². The minimum Gasteiger partial charge on any atom is -0.494 e. The summed E-state index contributed by atoms with van der Waals surface area (Å²) in [5, 5.41) is 21.7. The number of amides is 2. The SMILES string of the molecule is COc1c2c(c(NS(C)(=O)=O)c3cccnc13)C(=O)N(Cc1ccc(F)cc1)C2=O.CS(=O)(=O)N=C1c2cccnc2C(=O)c2c1c(O)n(Cc1ccc(F)cc1)c2O. The van der Waals surface area contributed by atoms with E-state index in [1.807, 2.05) is 0 Å². The third-order valence-electron chi connectivity index (χ3n) is 9.14. The molecule has 0 fully saturated rings. The zero-order valence-corrected chi connectivity index (χ0v) is 32.6. The molecule has 0 radical (unpaired) electrons.